The number of nitrogens with zero attached hydrogens (tertiary/aromatic N) is 1. The van der Waals surface area contributed by atoms with Crippen LogP contribution in [0.5, 0.6) is 0 Å². The van der Waals surface area contributed by atoms with E-state index < -0.39 is 6.10 Å². The molecule has 0 aliphatic carbocycles. The summed E-state index contributed by atoms with van der Waals surface area (Å²) in [5.74, 6) is 0. The van der Waals surface area contributed by atoms with E-state index in [2.05, 4.69) is 4.98 Å². The first-order chi connectivity index (χ1) is 7.66. The summed E-state index contributed by atoms with van der Waals surface area (Å²) in [7, 11) is 0. The summed E-state index contributed by atoms with van der Waals surface area (Å²) in [6, 6.07) is 9.86. The van der Waals surface area contributed by atoms with Gasteiger partial charge in [-0.05, 0) is 25.0 Å². The lowest BCUT2D eigenvalue weighted by Gasteiger charge is -2.12. The third-order valence-electron chi connectivity index (χ3n) is 2.57. The fraction of sp³-hybridized carbons (Fsp3) is 0.214. The van der Waals surface area contributed by atoms with Crippen LogP contribution >= 0.6 is 0 Å². The molecule has 0 spiro atoms. The number of hydrogen-bond acceptors (Lipinski definition) is 2. The van der Waals surface area contributed by atoms with Gasteiger partial charge in [-0.15, -0.1) is 0 Å². The van der Waals surface area contributed by atoms with Gasteiger partial charge in [-0.2, -0.15) is 0 Å². The summed E-state index contributed by atoms with van der Waals surface area (Å²) >= 11 is 0. The molecule has 0 bridgehead atoms. The molecule has 2 rings (SSSR count). The van der Waals surface area contributed by atoms with Crippen LogP contribution in [0.3, 0.4) is 0 Å². The van der Waals surface area contributed by atoms with Crippen LogP contribution in [0.2, 0.25) is 0 Å². The van der Waals surface area contributed by atoms with Crippen LogP contribution in [0.1, 0.15) is 28.4 Å². The highest BCUT2D eigenvalue weighted by Gasteiger charge is 2.10. The summed E-state index contributed by atoms with van der Waals surface area (Å²) in [6.45, 7) is 3.99. The molecule has 1 aromatic heterocycles. The molecule has 2 nitrogen and oxygen atoms in total. The standard InChI is InChI=1S/C14H15NO/c1-10-4-3-5-12(6-10)14(16)13-7-11(2)8-15-9-13/h3-9,14,16H,1-2H3. The largest absolute Gasteiger partial charge is 0.384 e. The second-order valence-electron chi connectivity index (χ2n) is 4.11. The fourth-order valence-electron chi connectivity index (χ4n) is 1.76. The number of benzene rings is 1. The van der Waals surface area contributed by atoms with Gasteiger partial charge in [0.05, 0.1) is 0 Å². The van der Waals surface area contributed by atoms with Gasteiger partial charge in [-0.25, -0.2) is 0 Å². The number of aliphatic hydroxyl groups is 1. The number of hydrogen-bond donors (Lipinski definition) is 1. The van der Waals surface area contributed by atoms with Crippen molar-refractivity contribution in [3.63, 3.8) is 0 Å². The van der Waals surface area contributed by atoms with Gasteiger partial charge in [0.15, 0.2) is 0 Å². The van der Waals surface area contributed by atoms with Crippen molar-refractivity contribution in [2.75, 3.05) is 0 Å². The van der Waals surface area contributed by atoms with Gasteiger partial charge in [0.25, 0.3) is 0 Å². The zero-order chi connectivity index (χ0) is 11.5. The molecular formula is C14H15NO. The van der Waals surface area contributed by atoms with Crippen LogP contribution in [0.25, 0.3) is 0 Å². The predicted molar refractivity (Wildman–Crippen MR) is 64.2 cm³/mol. The van der Waals surface area contributed by atoms with Gasteiger partial charge in [0.1, 0.15) is 6.10 Å². The van der Waals surface area contributed by atoms with E-state index in [4.69, 9.17) is 0 Å². The molecule has 2 heteroatoms. The van der Waals surface area contributed by atoms with Crippen molar-refractivity contribution in [1.29, 1.82) is 0 Å². The summed E-state index contributed by atoms with van der Waals surface area (Å²) < 4.78 is 0. The number of pyridine rings is 1. The highest BCUT2D eigenvalue weighted by Crippen LogP contribution is 2.22. The van der Waals surface area contributed by atoms with Crippen molar-refractivity contribution < 1.29 is 5.11 Å². The molecule has 1 atom stereocenters. The number of aliphatic hydroxyl groups excluding tert-OH is 1. The molecule has 0 fully saturated rings. The molecule has 0 amide bonds. The van der Waals surface area contributed by atoms with E-state index in [1.807, 2.05) is 44.2 Å². The average Bonchev–Trinajstić information content (AvgIpc) is 2.28. The van der Waals surface area contributed by atoms with Crippen LogP contribution in [-0.2, 0) is 0 Å². The summed E-state index contributed by atoms with van der Waals surface area (Å²) in [5, 5.41) is 10.2. The van der Waals surface area contributed by atoms with E-state index in [9.17, 15) is 5.11 Å². The topological polar surface area (TPSA) is 33.1 Å². The minimum absolute atomic E-state index is 0.590. The molecule has 1 unspecified atom stereocenters. The van der Waals surface area contributed by atoms with Gasteiger partial charge in [0.2, 0.25) is 0 Å². The monoisotopic (exact) mass is 213 g/mol. The zero-order valence-corrected chi connectivity index (χ0v) is 9.51. The number of aryl methyl sites for hydroxylation is 2. The van der Waals surface area contributed by atoms with Gasteiger partial charge in [0, 0.05) is 18.0 Å². The first kappa shape index (κ1) is 10.8. The quantitative estimate of drug-likeness (QED) is 0.832. The van der Waals surface area contributed by atoms with Gasteiger partial charge >= 0.3 is 0 Å². The summed E-state index contributed by atoms with van der Waals surface area (Å²) in [4.78, 5) is 4.09. The second kappa shape index (κ2) is 4.45. The maximum absolute atomic E-state index is 10.2. The zero-order valence-electron chi connectivity index (χ0n) is 9.51. The molecule has 1 heterocycles. The number of aromatic nitrogens is 1. The molecule has 2 aromatic rings. The Morgan fingerprint density at radius 2 is 1.75 bits per heavy atom. The van der Waals surface area contributed by atoms with E-state index in [0.717, 1.165) is 22.3 Å². The first-order valence-electron chi connectivity index (χ1n) is 5.33. The first-order valence-corrected chi connectivity index (χ1v) is 5.33. The molecule has 82 valence electrons. The van der Waals surface area contributed by atoms with Crippen molar-refractivity contribution in [2.45, 2.75) is 20.0 Å². The Kier molecular flexibility index (Phi) is 3.02. The van der Waals surface area contributed by atoms with Gasteiger partial charge < -0.3 is 5.11 Å². The Morgan fingerprint density at radius 3 is 2.44 bits per heavy atom. The Morgan fingerprint density at radius 1 is 1.00 bits per heavy atom. The molecule has 1 aromatic carbocycles. The van der Waals surface area contributed by atoms with E-state index in [-0.39, 0.29) is 0 Å². The third kappa shape index (κ3) is 2.28. The van der Waals surface area contributed by atoms with Crippen molar-refractivity contribution in [3.05, 3.63) is 65.0 Å². The van der Waals surface area contributed by atoms with Crippen LogP contribution in [0.4, 0.5) is 0 Å². The summed E-state index contributed by atoms with van der Waals surface area (Å²) in [6.07, 6.45) is 2.90. The highest BCUT2D eigenvalue weighted by atomic mass is 16.3. The maximum Gasteiger partial charge on any atom is 0.106 e. The predicted octanol–water partition coefficient (Wildman–Crippen LogP) is 2.78. The maximum atomic E-state index is 10.2. The molecule has 0 saturated carbocycles. The Balaban J connectivity index is 2.35. The van der Waals surface area contributed by atoms with E-state index in [0.29, 0.717) is 0 Å². The molecular weight excluding hydrogens is 198 g/mol. The Labute approximate surface area is 95.6 Å². The van der Waals surface area contributed by atoms with Crippen molar-refractivity contribution >= 4 is 0 Å². The minimum Gasteiger partial charge on any atom is -0.384 e. The van der Waals surface area contributed by atoms with Gasteiger partial charge in [-0.3, -0.25) is 4.98 Å². The van der Waals surface area contributed by atoms with Crippen LogP contribution in [0.15, 0.2) is 42.7 Å². The lowest BCUT2D eigenvalue weighted by Crippen LogP contribution is -2.00. The highest BCUT2D eigenvalue weighted by molar-refractivity contribution is 5.32. The molecule has 0 radical (unpaired) electrons. The molecule has 0 aliphatic heterocycles. The van der Waals surface area contributed by atoms with Crippen LogP contribution in [-0.4, -0.2) is 10.1 Å². The lowest BCUT2D eigenvalue weighted by atomic mass is 10.0. The summed E-state index contributed by atoms with van der Waals surface area (Å²) in [5.41, 5.74) is 3.96. The van der Waals surface area contributed by atoms with E-state index >= 15 is 0 Å². The SMILES string of the molecule is Cc1cccc(C(O)c2cncc(C)c2)c1. The minimum atomic E-state index is -0.590. The van der Waals surface area contributed by atoms with Gasteiger partial charge in [-0.1, -0.05) is 35.9 Å². The Bertz CT molecular complexity index is 448. The Hall–Kier alpha value is -1.67. The molecule has 16 heavy (non-hydrogen) atoms. The van der Waals surface area contributed by atoms with Crippen molar-refractivity contribution in [2.24, 2.45) is 0 Å². The molecule has 0 saturated heterocycles. The van der Waals surface area contributed by atoms with E-state index in [1.54, 1.807) is 12.4 Å². The fourth-order valence-corrected chi connectivity index (χ4v) is 1.76. The van der Waals surface area contributed by atoms with E-state index in [1.165, 1.54) is 0 Å². The molecule has 0 aliphatic rings. The average molecular weight is 213 g/mol. The second-order valence-corrected chi connectivity index (χ2v) is 4.11. The molecule has 1 N–H and O–H groups in total. The normalized spacial score (nSPS) is 12.4. The number of rotatable bonds is 2. The van der Waals surface area contributed by atoms with Crippen molar-refractivity contribution in [3.8, 4) is 0 Å². The van der Waals surface area contributed by atoms with Crippen molar-refractivity contribution in [1.82, 2.24) is 4.98 Å². The van der Waals surface area contributed by atoms with Crippen LogP contribution in [0, 0.1) is 13.8 Å². The third-order valence-corrected chi connectivity index (χ3v) is 2.57. The smallest absolute Gasteiger partial charge is 0.106 e. The lowest BCUT2D eigenvalue weighted by molar-refractivity contribution is 0.219. The van der Waals surface area contributed by atoms with Crippen LogP contribution < -0.4 is 0 Å².